The fraction of sp³-hybridized carbons (Fsp3) is 0.474. The smallest absolute Gasteiger partial charge is 0.303 e. The molecule has 2 heterocycles. The van der Waals surface area contributed by atoms with E-state index in [1.165, 1.54) is 10.6 Å². The zero-order valence-corrected chi connectivity index (χ0v) is 14.9. The number of hydrogen-bond donors (Lipinski definition) is 3. The van der Waals surface area contributed by atoms with Crippen LogP contribution in [0, 0.1) is 11.8 Å². The van der Waals surface area contributed by atoms with Gasteiger partial charge in [-0.3, -0.25) is 9.89 Å². The Morgan fingerprint density at radius 2 is 1.96 bits per heavy atom. The van der Waals surface area contributed by atoms with E-state index < -0.39 is 5.97 Å². The van der Waals surface area contributed by atoms with Crippen molar-refractivity contribution < 1.29 is 9.90 Å². The summed E-state index contributed by atoms with van der Waals surface area (Å²) in [5.74, 6) is 1.94. The topological polar surface area (TPSA) is 92.0 Å². The van der Waals surface area contributed by atoms with E-state index in [-0.39, 0.29) is 0 Å². The Morgan fingerprint density at radius 1 is 1.24 bits per heavy atom. The number of nitrogens with zero attached hydrogens (tertiary/aromatic N) is 1. The Balaban J connectivity index is 1.48. The summed E-state index contributed by atoms with van der Waals surface area (Å²) >= 11 is 1.89. The number of aliphatic carboxylic acids is 1. The van der Waals surface area contributed by atoms with E-state index in [4.69, 9.17) is 10.8 Å². The van der Waals surface area contributed by atoms with E-state index in [0.717, 1.165) is 48.4 Å². The Kier molecular flexibility index (Phi) is 4.46. The van der Waals surface area contributed by atoms with E-state index >= 15 is 0 Å². The lowest BCUT2D eigenvalue weighted by Crippen LogP contribution is -2.22. The molecule has 1 saturated carbocycles. The minimum absolute atomic E-state index is 0.322. The van der Waals surface area contributed by atoms with Gasteiger partial charge in [0.25, 0.3) is 0 Å². The molecular weight excluding hydrogens is 334 g/mol. The second-order valence-corrected chi connectivity index (χ2v) is 8.26. The Hall–Kier alpha value is -1.95. The molecule has 0 radical (unpaired) electrons. The van der Waals surface area contributed by atoms with Crippen molar-refractivity contribution in [1.82, 2.24) is 10.2 Å². The second-order valence-electron chi connectivity index (χ2n) is 7.23. The molecule has 1 aromatic heterocycles. The summed E-state index contributed by atoms with van der Waals surface area (Å²) in [5, 5.41) is 16.8. The van der Waals surface area contributed by atoms with Crippen molar-refractivity contribution in [3.8, 4) is 11.3 Å². The Bertz CT molecular complexity index is 763. The van der Waals surface area contributed by atoms with Gasteiger partial charge in [0, 0.05) is 29.3 Å². The van der Waals surface area contributed by atoms with Gasteiger partial charge in [-0.1, -0.05) is 12.1 Å². The minimum Gasteiger partial charge on any atom is -0.481 e. The number of carboxylic acid groups (broad SMARTS) is 1. The molecular formula is C19H23N3O2S. The fourth-order valence-electron chi connectivity index (χ4n) is 4.25. The van der Waals surface area contributed by atoms with Crippen LogP contribution in [0.25, 0.3) is 11.3 Å². The first-order chi connectivity index (χ1) is 12.1. The number of nitrogens with one attached hydrogen (secondary N) is 1. The predicted octanol–water partition coefficient (Wildman–Crippen LogP) is 4.13. The standard InChI is InChI=1S/C19H23N3O2S/c20-14-7-5-13(6-8-14)17-19-18(22-21-17)15(10-25-19)12-3-1-11(2-4-12)9-16(23)24/h5-8,11-12,15H,1-4,9-10,20H2,(H,21,22)(H,23,24)/t11?,12?,15-/m1/s1. The zero-order valence-electron chi connectivity index (χ0n) is 14.1. The first-order valence-electron chi connectivity index (χ1n) is 8.90. The van der Waals surface area contributed by atoms with E-state index in [9.17, 15) is 4.79 Å². The average molecular weight is 357 g/mol. The quantitative estimate of drug-likeness (QED) is 0.716. The SMILES string of the molecule is Nc1ccc(-c2n[nH]c3c2SC[C@@H]3C2CCC(CC(=O)O)CC2)cc1. The fourth-order valence-corrected chi connectivity index (χ4v) is 5.69. The van der Waals surface area contributed by atoms with Crippen LogP contribution >= 0.6 is 11.8 Å². The highest BCUT2D eigenvalue weighted by Crippen LogP contribution is 2.50. The maximum atomic E-state index is 10.9. The molecule has 1 aliphatic heterocycles. The summed E-state index contributed by atoms with van der Waals surface area (Å²) in [4.78, 5) is 12.2. The maximum Gasteiger partial charge on any atom is 0.303 e. The number of benzene rings is 1. The van der Waals surface area contributed by atoms with Crippen molar-refractivity contribution in [2.45, 2.75) is 42.9 Å². The number of nitrogen functional groups attached to an aromatic ring is 1. The van der Waals surface area contributed by atoms with Crippen molar-refractivity contribution in [1.29, 1.82) is 0 Å². The molecule has 4 rings (SSSR count). The molecule has 2 aliphatic rings. The molecule has 0 amide bonds. The lowest BCUT2D eigenvalue weighted by atomic mass is 9.74. The summed E-state index contributed by atoms with van der Waals surface area (Å²) in [6.45, 7) is 0. The van der Waals surface area contributed by atoms with Gasteiger partial charge >= 0.3 is 5.97 Å². The van der Waals surface area contributed by atoms with Gasteiger partial charge in [0.05, 0.1) is 10.6 Å². The number of hydrogen-bond acceptors (Lipinski definition) is 4. The van der Waals surface area contributed by atoms with Gasteiger partial charge in [-0.2, -0.15) is 5.10 Å². The van der Waals surface area contributed by atoms with Gasteiger partial charge in [0.15, 0.2) is 0 Å². The third-order valence-electron chi connectivity index (χ3n) is 5.63. The largest absolute Gasteiger partial charge is 0.481 e. The Labute approximate surface area is 151 Å². The molecule has 5 nitrogen and oxygen atoms in total. The van der Waals surface area contributed by atoms with E-state index in [1.54, 1.807) is 0 Å². The molecule has 1 atom stereocenters. The number of aromatic nitrogens is 2. The van der Waals surface area contributed by atoms with Crippen molar-refractivity contribution in [2.24, 2.45) is 11.8 Å². The monoisotopic (exact) mass is 357 g/mol. The number of carboxylic acids is 1. The van der Waals surface area contributed by atoms with Crippen molar-refractivity contribution in [3.05, 3.63) is 30.0 Å². The van der Waals surface area contributed by atoms with Crippen LogP contribution in [0.15, 0.2) is 29.2 Å². The number of carbonyl (C=O) groups is 1. The lowest BCUT2D eigenvalue weighted by molar-refractivity contribution is -0.138. The molecule has 1 aromatic carbocycles. The minimum atomic E-state index is -0.663. The first-order valence-corrected chi connectivity index (χ1v) is 9.89. The van der Waals surface area contributed by atoms with Gasteiger partial charge < -0.3 is 10.8 Å². The van der Waals surface area contributed by atoms with E-state index in [2.05, 4.69) is 10.2 Å². The summed E-state index contributed by atoms with van der Waals surface area (Å²) < 4.78 is 0. The third kappa shape index (κ3) is 3.27. The van der Waals surface area contributed by atoms with Crippen LogP contribution < -0.4 is 5.73 Å². The molecule has 4 N–H and O–H groups in total. The average Bonchev–Trinajstić information content (AvgIpc) is 3.18. The molecule has 6 heteroatoms. The van der Waals surface area contributed by atoms with Gasteiger partial charge in [-0.25, -0.2) is 0 Å². The lowest BCUT2D eigenvalue weighted by Gasteiger charge is -2.31. The molecule has 1 aliphatic carbocycles. The molecule has 0 spiro atoms. The third-order valence-corrected chi connectivity index (χ3v) is 6.86. The normalized spacial score (nSPS) is 25.7. The van der Waals surface area contributed by atoms with Crippen LogP contribution in [-0.4, -0.2) is 27.0 Å². The van der Waals surface area contributed by atoms with Gasteiger partial charge in [-0.15, -0.1) is 11.8 Å². The first kappa shape index (κ1) is 16.5. The number of nitrogens with two attached hydrogens (primary N) is 1. The zero-order chi connectivity index (χ0) is 17.4. The van der Waals surface area contributed by atoms with Gasteiger partial charge in [0.2, 0.25) is 0 Å². The van der Waals surface area contributed by atoms with E-state index in [0.29, 0.717) is 24.2 Å². The van der Waals surface area contributed by atoms with Crippen molar-refractivity contribution in [2.75, 3.05) is 11.5 Å². The maximum absolute atomic E-state index is 10.9. The van der Waals surface area contributed by atoms with Crippen LogP contribution in [0.2, 0.25) is 0 Å². The van der Waals surface area contributed by atoms with Crippen LogP contribution in [0.3, 0.4) is 0 Å². The molecule has 1 fully saturated rings. The Morgan fingerprint density at radius 3 is 2.64 bits per heavy atom. The molecule has 0 unspecified atom stereocenters. The van der Waals surface area contributed by atoms with Crippen LogP contribution in [0.1, 0.15) is 43.7 Å². The number of thioether (sulfide) groups is 1. The summed E-state index contributed by atoms with van der Waals surface area (Å²) in [7, 11) is 0. The predicted molar refractivity (Wildman–Crippen MR) is 99.6 cm³/mol. The van der Waals surface area contributed by atoms with E-state index in [1.807, 2.05) is 36.0 Å². The number of rotatable bonds is 4. The van der Waals surface area contributed by atoms with Crippen LogP contribution in [-0.2, 0) is 4.79 Å². The highest BCUT2D eigenvalue weighted by Gasteiger charge is 2.36. The molecule has 25 heavy (non-hydrogen) atoms. The van der Waals surface area contributed by atoms with Crippen LogP contribution in [0.4, 0.5) is 5.69 Å². The second kappa shape index (κ2) is 6.75. The number of aromatic amines is 1. The molecule has 132 valence electrons. The highest BCUT2D eigenvalue weighted by atomic mass is 32.2. The molecule has 2 aromatic rings. The number of anilines is 1. The summed E-state index contributed by atoms with van der Waals surface area (Å²) in [6, 6.07) is 7.88. The summed E-state index contributed by atoms with van der Waals surface area (Å²) in [6.07, 6.45) is 4.64. The van der Waals surface area contributed by atoms with Gasteiger partial charge in [-0.05, 0) is 49.7 Å². The molecule has 0 bridgehead atoms. The summed E-state index contributed by atoms with van der Waals surface area (Å²) in [5.41, 5.74) is 9.96. The number of H-pyrrole nitrogens is 1. The van der Waals surface area contributed by atoms with Crippen molar-refractivity contribution >= 4 is 23.4 Å². The van der Waals surface area contributed by atoms with Gasteiger partial charge in [0.1, 0.15) is 5.69 Å². The highest BCUT2D eigenvalue weighted by molar-refractivity contribution is 7.99. The van der Waals surface area contributed by atoms with Crippen LogP contribution in [0.5, 0.6) is 0 Å². The van der Waals surface area contributed by atoms with Crippen molar-refractivity contribution in [3.63, 3.8) is 0 Å². The number of fused-ring (bicyclic) bond motifs is 1. The molecule has 0 saturated heterocycles.